The van der Waals surface area contributed by atoms with Crippen molar-refractivity contribution in [3.8, 4) is 0 Å². The van der Waals surface area contributed by atoms with Gasteiger partial charge in [0.15, 0.2) is 0 Å². The van der Waals surface area contributed by atoms with E-state index in [2.05, 4.69) is 4.72 Å². The third-order valence-electron chi connectivity index (χ3n) is 3.41. The van der Waals surface area contributed by atoms with Crippen LogP contribution in [0.25, 0.3) is 6.08 Å². The van der Waals surface area contributed by atoms with Crippen molar-refractivity contribution in [3.63, 3.8) is 0 Å². The number of sulfonamides is 1. The second kappa shape index (κ2) is 8.66. The lowest BCUT2D eigenvalue weighted by molar-refractivity contribution is -0.138. The molecule has 0 atom stereocenters. The van der Waals surface area contributed by atoms with Crippen LogP contribution in [0.5, 0.6) is 0 Å². The molecule has 0 fully saturated rings. The number of benzene rings is 2. The van der Waals surface area contributed by atoms with Crippen LogP contribution in [-0.2, 0) is 25.7 Å². The molecule has 150 valence electrons. The van der Waals surface area contributed by atoms with Crippen molar-refractivity contribution in [1.82, 2.24) is 0 Å². The minimum Gasteiger partial charge on any atom is -0.463 e. The number of esters is 1. The number of anilines is 1. The van der Waals surface area contributed by atoms with Crippen LogP contribution in [0.15, 0.2) is 53.4 Å². The molecule has 2 rings (SSSR count). The third-order valence-corrected chi connectivity index (χ3v) is 5.27. The van der Waals surface area contributed by atoms with E-state index in [1.54, 1.807) is 6.92 Å². The number of carbonyl (C=O) groups is 1. The van der Waals surface area contributed by atoms with E-state index in [4.69, 9.17) is 16.3 Å². The van der Waals surface area contributed by atoms with Crippen molar-refractivity contribution in [3.05, 3.63) is 64.7 Å². The predicted molar refractivity (Wildman–Crippen MR) is 99.4 cm³/mol. The van der Waals surface area contributed by atoms with Gasteiger partial charge in [-0.1, -0.05) is 23.7 Å². The van der Waals surface area contributed by atoms with E-state index < -0.39 is 32.6 Å². The molecule has 0 aliphatic heterocycles. The highest BCUT2D eigenvalue weighted by Gasteiger charge is 2.32. The molecule has 0 bridgehead atoms. The molecule has 0 aliphatic carbocycles. The first kappa shape index (κ1) is 21.8. The molecule has 0 unspecified atom stereocenters. The van der Waals surface area contributed by atoms with Crippen LogP contribution >= 0.6 is 11.6 Å². The second-order valence-corrected chi connectivity index (χ2v) is 7.51. The van der Waals surface area contributed by atoms with E-state index in [0.717, 1.165) is 6.07 Å². The van der Waals surface area contributed by atoms with Crippen molar-refractivity contribution in [1.29, 1.82) is 0 Å². The molecule has 0 aromatic heterocycles. The number of nitrogens with one attached hydrogen (secondary N) is 1. The third kappa shape index (κ3) is 5.74. The lowest BCUT2D eigenvalue weighted by Gasteiger charge is -2.12. The Kier molecular flexibility index (Phi) is 6.73. The number of hydrogen-bond donors (Lipinski definition) is 1. The Balaban J connectivity index is 2.22. The zero-order valence-electron chi connectivity index (χ0n) is 14.5. The Morgan fingerprint density at radius 1 is 1.18 bits per heavy atom. The van der Waals surface area contributed by atoms with Gasteiger partial charge in [-0.25, -0.2) is 13.2 Å². The Labute approximate surface area is 164 Å². The van der Waals surface area contributed by atoms with E-state index in [1.165, 1.54) is 36.4 Å². The van der Waals surface area contributed by atoms with Crippen LogP contribution < -0.4 is 4.72 Å². The number of alkyl halides is 3. The molecule has 2 aromatic carbocycles. The van der Waals surface area contributed by atoms with Gasteiger partial charge in [-0.05, 0) is 48.9 Å². The fraction of sp³-hybridized carbons (Fsp3) is 0.167. The van der Waals surface area contributed by atoms with E-state index >= 15 is 0 Å². The van der Waals surface area contributed by atoms with Crippen molar-refractivity contribution >= 4 is 39.4 Å². The van der Waals surface area contributed by atoms with E-state index in [-0.39, 0.29) is 17.3 Å². The summed E-state index contributed by atoms with van der Waals surface area (Å²) in [5, 5.41) is -0.338. The Morgan fingerprint density at radius 2 is 1.82 bits per heavy atom. The summed E-state index contributed by atoms with van der Waals surface area (Å²) in [5.41, 5.74) is -0.424. The summed E-state index contributed by atoms with van der Waals surface area (Å²) in [4.78, 5) is 10.6. The van der Waals surface area contributed by atoms with E-state index in [0.29, 0.717) is 17.7 Å². The van der Waals surface area contributed by atoms with Gasteiger partial charge in [-0.3, -0.25) is 4.72 Å². The second-order valence-electron chi connectivity index (χ2n) is 5.46. The van der Waals surface area contributed by atoms with Gasteiger partial charge in [0.2, 0.25) is 0 Å². The summed E-state index contributed by atoms with van der Waals surface area (Å²) in [6.45, 7) is 1.91. The van der Waals surface area contributed by atoms with Crippen LogP contribution in [0.2, 0.25) is 5.02 Å². The normalized spacial score (nSPS) is 12.2. The van der Waals surface area contributed by atoms with Gasteiger partial charge in [0, 0.05) is 11.8 Å². The van der Waals surface area contributed by atoms with Crippen molar-refractivity contribution in [2.45, 2.75) is 18.0 Å². The molecule has 0 spiro atoms. The van der Waals surface area contributed by atoms with Crippen molar-refractivity contribution in [2.75, 3.05) is 11.3 Å². The van der Waals surface area contributed by atoms with Gasteiger partial charge >= 0.3 is 12.1 Å². The topological polar surface area (TPSA) is 72.5 Å². The number of carbonyl (C=O) groups excluding carboxylic acids is 1. The number of halogens is 4. The fourth-order valence-corrected chi connectivity index (χ4v) is 3.70. The van der Waals surface area contributed by atoms with Crippen LogP contribution in [0, 0.1) is 0 Å². The molecule has 1 N–H and O–H groups in total. The van der Waals surface area contributed by atoms with Gasteiger partial charge < -0.3 is 4.74 Å². The van der Waals surface area contributed by atoms with Gasteiger partial charge in [-0.2, -0.15) is 13.2 Å². The largest absolute Gasteiger partial charge is 0.463 e. The minimum atomic E-state index is -4.71. The highest BCUT2D eigenvalue weighted by molar-refractivity contribution is 7.92. The smallest absolute Gasteiger partial charge is 0.416 e. The quantitative estimate of drug-likeness (QED) is 0.527. The molecule has 2 aromatic rings. The molecule has 0 radical (unpaired) electrons. The summed E-state index contributed by atoms with van der Waals surface area (Å²) in [5.74, 6) is -0.522. The zero-order valence-corrected chi connectivity index (χ0v) is 16.0. The molecule has 0 saturated carbocycles. The summed E-state index contributed by atoms with van der Waals surface area (Å²) in [6, 6.07) is 7.87. The monoisotopic (exact) mass is 433 g/mol. The molecular weight excluding hydrogens is 419 g/mol. The summed E-state index contributed by atoms with van der Waals surface area (Å²) in [7, 11) is -4.35. The highest BCUT2D eigenvalue weighted by Crippen LogP contribution is 2.34. The first-order valence-electron chi connectivity index (χ1n) is 7.87. The maximum Gasteiger partial charge on any atom is 0.416 e. The van der Waals surface area contributed by atoms with E-state index in [1.807, 2.05) is 0 Å². The molecule has 0 amide bonds. The van der Waals surface area contributed by atoms with E-state index in [9.17, 15) is 26.4 Å². The number of ether oxygens (including phenoxy) is 1. The Morgan fingerprint density at radius 3 is 2.39 bits per heavy atom. The summed E-state index contributed by atoms with van der Waals surface area (Å²) in [6.07, 6.45) is -2.02. The first-order valence-corrected chi connectivity index (χ1v) is 9.73. The van der Waals surface area contributed by atoms with Crippen LogP contribution in [0.4, 0.5) is 18.9 Å². The standard InChI is InChI=1S/C18H15ClF3NO4S/c1-2-27-17(24)10-5-12-3-7-14(8-4-12)23-28(25,26)16-11-13(18(20,21)22)6-9-15(16)19/h3-11,23H,2H2,1H3. The van der Waals surface area contributed by atoms with Crippen molar-refractivity contribution < 1.29 is 31.1 Å². The molecule has 10 heteroatoms. The molecular formula is C18H15ClF3NO4S. The summed E-state index contributed by atoms with van der Waals surface area (Å²) < 4.78 is 70.3. The SMILES string of the molecule is CCOC(=O)C=Cc1ccc(NS(=O)(=O)c2cc(C(F)(F)F)ccc2Cl)cc1. The zero-order chi connectivity index (χ0) is 20.9. The van der Waals surface area contributed by atoms with Gasteiger partial charge in [-0.15, -0.1) is 0 Å². The number of hydrogen-bond acceptors (Lipinski definition) is 4. The fourth-order valence-electron chi connectivity index (χ4n) is 2.11. The van der Waals surface area contributed by atoms with Gasteiger partial charge in [0.25, 0.3) is 10.0 Å². The molecule has 5 nitrogen and oxygen atoms in total. The Hall–Kier alpha value is -2.52. The minimum absolute atomic E-state index is 0.113. The first-order chi connectivity index (χ1) is 13.0. The molecule has 0 aliphatic rings. The van der Waals surface area contributed by atoms with Crippen LogP contribution in [-0.4, -0.2) is 21.0 Å². The average Bonchev–Trinajstić information content (AvgIpc) is 2.60. The molecule has 0 saturated heterocycles. The number of rotatable bonds is 6. The summed E-state index contributed by atoms with van der Waals surface area (Å²) >= 11 is 5.78. The Bertz CT molecular complexity index is 987. The van der Waals surface area contributed by atoms with Crippen LogP contribution in [0.3, 0.4) is 0 Å². The van der Waals surface area contributed by atoms with Gasteiger partial charge in [0.05, 0.1) is 17.2 Å². The van der Waals surface area contributed by atoms with Gasteiger partial charge in [0.1, 0.15) is 4.90 Å². The highest BCUT2D eigenvalue weighted by atomic mass is 35.5. The maximum atomic E-state index is 12.8. The maximum absolute atomic E-state index is 12.8. The average molecular weight is 434 g/mol. The van der Waals surface area contributed by atoms with Crippen molar-refractivity contribution in [2.24, 2.45) is 0 Å². The molecule has 28 heavy (non-hydrogen) atoms. The lowest BCUT2D eigenvalue weighted by atomic mass is 10.2. The predicted octanol–water partition coefficient (Wildman–Crippen LogP) is 4.74. The molecule has 0 heterocycles. The van der Waals surface area contributed by atoms with Crippen LogP contribution in [0.1, 0.15) is 18.1 Å². The lowest BCUT2D eigenvalue weighted by Crippen LogP contribution is -2.15.